The van der Waals surface area contributed by atoms with Crippen LogP contribution in [0.3, 0.4) is 0 Å². The molecule has 0 unspecified atom stereocenters. The van der Waals surface area contributed by atoms with Gasteiger partial charge in [-0.3, -0.25) is 9.58 Å². The van der Waals surface area contributed by atoms with Gasteiger partial charge in [-0.05, 0) is 43.0 Å². The monoisotopic (exact) mass is 317 g/mol. The average molecular weight is 317 g/mol. The average Bonchev–Trinajstić information content (AvgIpc) is 2.94. The summed E-state index contributed by atoms with van der Waals surface area (Å²) in [5.41, 5.74) is 2.28. The van der Waals surface area contributed by atoms with Crippen molar-refractivity contribution in [2.75, 3.05) is 20.2 Å². The van der Waals surface area contributed by atoms with Crippen LogP contribution in [0.15, 0.2) is 36.7 Å². The molecule has 1 aliphatic heterocycles. The van der Waals surface area contributed by atoms with Crippen molar-refractivity contribution in [1.82, 2.24) is 14.7 Å². The van der Waals surface area contributed by atoms with Crippen molar-refractivity contribution < 1.29 is 9.13 Å². The lowest BCUT2D eigenvalue weighted by molar-refractivity contribution is -0.0136. The SMILES string of the molecule is CO[C@H]1CN(Cc2cnn(C)c2)CC[C@@H]1Cc1cccc(F)c1. The number of ether oxygens (including phenoxy) is 1. The number of likely N-dealkylation sites (tertiary alicyclic amines) is 1. The molecule has 1 fully saturated rings. The predicted molar refractivity (Wildman–Crippen MR) is 87.5 cm³/mol. The van der Waals surface area contributed by atoms with Crippen LogP contribution < -0.4 is 0 Å². The number of benzene rings is 1. The van der Waals surface area contributed by atoms with Gasteiger partial charge < -0.3 is 4.74 Å². The Balaban J connectivity index is 1.60. The van der Waals surface area contributed by atoms with Crippen LogP contribution in [0.1, 0.15) is 17.5 Å². The lowest BCUT2D eigenvalue weighted by Crippen LogP contribution is -2.45. The van der Waals surface area contributed by atoms with E-state index in [1.807, 2.05) is 24.0 Å². The van der Waals surface area contributed by atoms with E-state index in [1.165, 1.54) is 11.6 Å². The number of halogens is 1. The fourth-order valence-corrected chi connectivity index (χ4v) is 3.45. The second kappa shape index (κ2) is 7.23. The summed E-state index contributed by atoms with van der Waals surface area (Å²) in [6.07, 6.45) is 6.09. The minimum Gasteiger partial charge on any atom is -0.380 e. The molecule has 0 aliphatic carbocycles. The number of hydrogen-bond donors (Lipinski definition) is 0. The molecule has 1 saturated heterocycles. The van der Waals surface area contributed by atoms with E-state index in [9.17, 15) is 4.39 Å². The summed E-state index contributed by atoms with van der Waals surface area (Å²) in [4.78, 5) is 2.41. The molecule has 124 valence electrons. The summed E-state index contributed by atoms with van der Waals surface area (Å²) in [5.74, 6) is 0.275. The molecular weight excluding hydrogens is 293 g/mol. The zero-order valence-electron chi connectivity index (χ0n) is 13.8. The van der Waals surface area contributed by atoms with Gasteiger partial charge >= 0.3 is 0 Å². The molecule has 2 heterocycles. The van der Waals surface area contributed by atoms with Gasteiger partial charge in [0, 0.05) is 39.0 Å². The van der Waals surface area contributed by atoms with E-state index in [0.717, 1.165) is 38.0 Å². The molecular formula is C18H24FN3O. The Bertz CT molecular complexity index is 643. The lowest BCUT2D eigenvalue weighted by atomic mass is 9.87. The highest BCUT2D eigenvalue weighted by molar-refractivity contribution is 5.17. The zero-order valence-corrected chi connectivity index (χ0v) is 13.8. The first-order valence-corrected chi connectivity index (χ1v) is 8.11. The number of hydrogen-bond acceptors (Lipinski definition) is 3. The van der Waals surface area contributed by atoms with E-state index < -0.39 is 0 Å². The highest BCUT2D eigenvalue weighted by atomic mass is 19.1. The van der Waals surface area contributed by atoms with Crippen molar-refractivity contribution in [3.05, 3.63) is 53.6 Å². The zero-order chi connectivity index (χ0) is 16.2. The Morgan fingerprint density at radius 3 is 2.91 bits per heavy atom. The van der Waals surface area contributed by atoms with E-state index in [1.54, 1.807) is 19.2 Å². The van der Waals surface area contributed by atoms with Crippen LogP contribution in [0.5, 0.6) is 0 Å². The molecule has 23 heavy (non-hydrogen) atoms. The topological polar surface area (TPSA) is 30.3 Å². The Labute approximate surface area is 136 Å². The smallest absolute Gasteiger partial charge is 0.123 e. The first-order chi connectivity index (χ1) is 11.1. The molecule has 1 aliphatic rings. The third kappa shape index (κ3) is 4.18. The molecule has 0 N–H and O–H groups in total. The van der Waals surface area contributed by atoms with Crippen LogP contribution in [0.25, 0.3) is 0 Å². The van der Waals surface area contributed by atoms with Gasteiger partial charge in [-0.15, -0.1) is 0 Å². The van der Waals surface area contributed by atoms with Crippen molar-refractivity contribution in [3.8, 4) is 0 Å². The normalized spacial score (nSPS) is 22.4. The minimum absolute atomic E-state index is 0.162. The fraction of sp³-hybridized carbons (Fsp3) is 0.500. The van der Waals surface area contributed by atoms with Crippen LogP contribution in [0, 0.1) is 11.7 Å². The molecule has 0 amide bonds. The summed E-state index contributed by atoms with van der Waals surface area (Å²) in [5, 5.41) is 4.22. The number of aromatic nitrogens is 2. The Kier molecular flexibility index (Phi) is 5.08. The second-order valence-electron chi connectivity index (χ2n) is 6.41. The van der Waals surface area contributed by atoms with E-state index in [4.69, 9.17) is 4.74 Å². The maximum absolute atomic E-state index is 13.4. The molecule has 0 spiro atoms. The molecule has 0 radical (unpaired) electrons. The number of rotatable bonds is 5. The van der Waals surface area contributed by atoms with E-state index in [2.05, 4.69) is 16.2 Å². The van der Waals surface area contributed by atoms with Gasteiger partial charge in [0.2, 0.25) is 0 Å². The molecule has 0 saturated carbocycles. The number of nitrogens with zero attached hydrogens (tertiary/aromatic N) is 3. The summed E-state index contributed by atoms with van der Waals surface area (Å²) < 4.78 is 20.9. The number of aryl methyl sites for hydroxylation is 1. The molecule has 4 nitrogen and oxygen atoms in total. The van der Waals surface area contributed by atoms with Crippen molar-refractivity contribution >= 4 is 0 Å². The lowest BCUT2D eigenvalue weighted by Gasteiger charge is -2.37. The van der Waals surface area contributed by atoms with E-state index in [0.29, 0.717) is 5.92 Å². The third-order valence-electron chi connectivity index (χ3n) is 4.63. The number of piperidine rings is 1. The molecule has 1 aromatic heterocycles. The van der Waals surface area contributed by atoms with Crippen molar-refractivity contribution in [2.24, 2.45) is 13.0 Å². The summed E-state index contributed by atoms with van der Waals surface area (Å²) in [6.45, 7) is 2.85. The van der Waals surface area contributed by atoms with Crippen molar-refractivity contribution in [1.29, 1.82) is 0 Å². The van der Waals surface area contributed by atoms with Crippen LogP contribution in [-0.4, -0.2) is 41.0 Å². The number of methoxy groups -OCH3 is 1. The Morgan fingerprint density at radius 1 is 1.35 bits per heavy atom. The first kappa shape index (κ1) is 16.1. The van der Waals surface area contributed by atoms with Crippen LogP contribution >= 0.6 is 0 Å². The molecule has 0 bridgehead atoms. The predicted octanol–water partition coefficient (Wildman–Crippen LogP) is 2.64. The first-order valence-electron chi connectivity index (χ1n) is 8.11. The maximum atomic E-state index is 13.4. The second-order valence-corrected chi connectivity index (χ2v) is 6.41. The van der Waals surface area contributed by atoms with Crippen LogP contribution in [-0.2, 0) is 24.8 Å². The highest BCUT2D eigenvalue weighted by Gasteiger charge is 2.29. The minimum atomic E-state index is -0.162. The van der Waals surface area contributed by atoms with Crippen LogP contribution in [0.2, 0.25) is 0 Å². The quantitative estimate of drug-likeness (QED) is 0.849. The third-order valence-corrected chi connectivity index (χ3v) is 4.63. The van der Waals surface area contributed by atoms with Gasteiger partial charge in [0.05, 0.1) is 12.3 Å². The molecule has 5 heteroatoms. The van der Waals surface area contributed by atoms with Gasteiger partial charge in [-0.25, -0.2) is 4.39 Å². The van der Waals surface area contributed by atoms with E-state index in [-0.39, 0.29) is 11.9 Å². The van der Waals surface area contributed by atoms with E-state index >= 15 is 0 Å². The summed E-state index contributed by atoms with van der Waals surface area (Å²) >= 11 is 0. The molecule has 2 atom stereocenters. The Hall–Kier alpha value is -1.72. The standard InChI is InChI=1S/C18H24FN3O/c1-21-11-15(10-20-21)12-22-7-6-16(18(13-22)23-2)8-14-4-3-5-17(19)9-14/h3-5,9-11,16,18H,6-8,12-13H2,1-2H3/t16-,18+/m1/s1. The van der Waals surface area contributed by atoms with Gasteiger partial charge in [0.15, 0.2) is 0 Å². The highest BCUT2D eigenvalue weighted by Crippen LogP contribution is 2.25. The summed E-state index contributed by atoms with van der Waals surface area (Å²) in [6, 6.07) is 6.91. The van der Waals surface area contributed by atoms with Crippen LogP contribution in [0.4, 0.5) is 4.39 Å². The van der Waals surface area contributed by atoms with Gasteiger partial charge in [-0.2, -0.15) is 5.10 Å². The molecule has 1 aromatic carbocycles. The largest absolute Gasteiger partial charge is 0.380 e. The van der Waals surface area contributed by atoms with Gasteiger partial charge in [0.1, 0.15) is 5.82 Å². The molecule has 2 aromatic rings. The van der Waals surface area contributed by atoms with Crippen molar-refractivity contribution in [2.45, 2.75) is 25.5 Å². The van der Waals surface area contributed by atoms with Gasteiger partial charge in [0.25, 0.3) is 0 Å². The van der Waals surface area contributed by atoms with Gasteiger partial charge in [-0.1, -0.05) is 12.1 Å². The maximum Gasteiger partial charge on any atom is 0.123 e. The fourth-order valence-electron chi connectivity index (χ4n) is 3.45. The summed E-state index contributed by atoms with van der Waals surface area (Å²) in [7, 11) is 3.71. The van der Waals surface area contributed by atoms with Crippen molar-refractivity contribution in [3.63, 3.8) is 0 Å². The Morgan fingerprint density at radius 2 is 2.22 bits per heavy atom. The molecule has 3 rings (SSSR count).